The largest absolute Gasteiger partial charge is 0.493 e. The van der Waals surface area contributed by atoms with Gasteiger partial charge < -0.3 is 9.84 Å². The van der Waals surface area contributed by atoms with Crippen molar-refractivity contribution in [2.75, 3.05) is 7.11 Å². The Kier molecular flexibility index (Phi) is 4.03. The zero-order valence-electron chi connectivity index (χ0n) is 13.2. The molecule has 3 aromatic rings. The summed E-state index contributed by atoms with van der Waals surface area (Å²) in [7, 11) is 2.97. The van der Waals surface area contributed by atoms with Crippen molar-refractivity contribution in [1.82, 2.24) is 19.2 Å². The van der Waals surface area contributed by atoms with E-state index in [0.717, 1.165) is 0 Å². The number of ether oxygens (including phenoxy) is 1. The van der Waals surface area contributed by atoms with Crippen LogP contribution in [0.2, 0.25) is 0 Å². The number of aromatic nitrogens is 4. The molecule has 0 bridgehead atoms. The second-order valence-electron chi connectivity index (χ2n) is 5.30. The van der Waals surface area contributed by atoms with Crippen LogP contribution in [0.25, 0.3) is 5.65 Å². The summed E-state index contributed by atoms with van der Waals surface area (Å²) in [5, 5.41) is 14.4. The van der Waals surface area contributed by atoms with Gasteiger partial charge in [-0.1, -0.05) is 6.07 Å². The number of pyridine rings is 1. The zero-order chi connectivity index (χ0) is 17.3. The highest BCUT2D eigenvalue weighted by molar-refractivity contribution is 5.71. The molecule has 8 nitrogen and oxygen atoms in total. The van der Waals surface area contributed by atoms with Gasteiger partial charge in [0.2, 0.25) is 5.88 Å². The van der Waals surface area contributed by atoms with Gasteiger partial charge in [-0.05, 0) is 18.2 Å². The number of methoxy groups -OCH3 is 1. The van der Waals surface area contributed by atoms with E-state index in [9.17, 15) is 14.7 Å². The minimum Gasteiger partial charge on any atom is -0.493 e. The van der Waals surface area contributed by atoms with Gasteiger partial charge in [-0.15, -0.1) is 0 Å². The number of hydrogen-bond acceptors (Lipinski definition) is 6. The normalized spacial score (nSPS) is 12.2. The number of rotatable bonds is 4. The van der Waals surface area contributed by atoms with Gasteiger partial charge in [0.1, 0.15) is 5.65 Å². The Morgan fingerprint density at radius 1 is 1.38 bits per heavy atom. The van der Waals surface area contributed by atoms with Crippen molar-refractivity contribution in [2.45, 2.75) is 12.3 Å². The summed E-state index contributed by atoms with van der Waals surface area (Å²) in [4.78, 5) is 28.7. The number of aryl methyl sites for hydroxylation is 1. The highest BCUT2D eigenvalue weighted by atomic mass is 16.5. The van der Waals surface area contributed by atoms with Gasteiger partial charge in [0.25, 0.3) is 5.56 Å². The molecule has 0 aliphatic heterocycles. The molecule has 124 valence electrons. The molecule has 0 radical (unpaired) electrons. The van der Waals surface area contributed by atoms with E-state index < -0.39 is 23.3 Å². The van der Waals surface area contributed by atoms with E-state index >= 15 is 0 Å². The third-order valence-corrected chi connectivity index (χ3v) is 3.91. The first kappa shape index (κ1) is 15.7. The minimum absolute atomic E-state index is 0.0349. The van der Waals surface area contributed by atoms with Crippen LogP contribution < -0.4 is 5.56 Å². The number of fused-ring (bicyclic) bond motifs is 1. The average Bonchev–Trinajstić information content (AvgIpc) is 2.99. The van der Waals surface area contributed by atoms with Crippen molar-refractivity contribution < 1.29 is 14.6 Å². The van der Waals surface area contributed by atoms with Crippen LogP contribution in [0.4, 0.5) is 0 Å². The van der Waals surface area contributed by atoms with Gasteiger partial charge in [0.05, 0.1) is 19.1 Å². The smallest absolute Gasteiger partial charge is 0.306 e. The Hall–Kier alpha value is -3.16. The van der Waals surface area contributed by atoms with Crippen molar-refractivity contribution in [2.24, 2.45) is 7.05 Å². The standard InChI is InChI=1S/C16H16N4O4/c1-19-11(6-7-17-19)10(9-13(21)24-2)14-15(22)18-12-5-3-4-8-20(12)16(14)23/h3-8,10,22H,9H2,1-2H3/t10-/m1/s1. The van der Waals surface area contributed by atoms with Crippen molar-refractivity contribution in [3.05, 3.63) is 58.3 Å². The highest BCUT2D eigenvalue weighted by Crippen LogP contribution is 2.30. The van der Waals surface area contributed by atoms with Crippen LogP contribution in [0.5, 0.6) is 5.88 Å². The molecule has 0 saturated carbocycles. The third-order valence-electron chi connectivity index (χ3n) is 3.91. The Bertz CT molecular complexity index is 960. The molecule has 0 aliphatic rings. The van der Waals surface area contributed by atoms with E-state index in [1.807, 2.05) is 0 Å². The molecular formula is C16H16N4O4. The zero-order valence-corrected chi connectivity index (χ0v) is 13.2. The fourth-order valence-corrected chi connectivity index (χ4v) is 2.73. The fourth-order valence-electron chi connectivity index (χ4n) is 2.73. The van der Waals surface area contributed by atoms with Gasteiger partial charge >= 0.3 is 5.97 Å². The molecule has 0 saturated heterocycles. The summed E-state index contributed by atoms with van der Waals surface area (Å²) in [5.74, 6) is -1.62. The van der Waals surface area contributed by atoms with Gasteiger partial charge in [-0.25, -0.2) is 0 Å². The molecule has 1 N–H and O–H groups in total. The molecule has 8 heteroatoms. The van der Waals surface area contributed by atoms with Gasteiger partial charge in [0.15, 0.2) is 0 Å². The maximum Gasteiger partial charge on any atom is 0.306 e. The number of nitrogens with zero attached hydrogens (tertiary/aromatic N) is 4. The van der Waals surface area contributed by atoms with E-state index in [1.54, 1.807) is 48.4 Å². The Morgan fingerprint density at radius 2 is 2.17 bits per heavy atom. The first-order valence-corrected chi connectivity index (χ1v) is 7.28. The lowest BCUT2D eigenvalue weighted by Gasteiger charge is -2.17. The highest BCUT2D eigenvalue weighted by Gasteiger charge is 2.28. The maximum absolute atomic E-state index is 12.8. The molecule has 24 heavy (non-hydrogen) atoms. The van der Waals surface area contributed by atoms with Crippen LogP contribution in [0.15, 0.2) is 41.5 Å². The molecular weight excluding hydrogens is 312 g/mol. The monoisotopic (exact) mass is 328 g/mol. The Morgan fingerprint density at radius 3 is 2.83 bits per heavy atom. The summed E-state index contributed by atoms with van der Waals surface area (Å²) < 4.78 is 7.60. The van der Waals surface area contributed by atoms with E-state index in [1.165, 1.54) is 11.5 Å². The van der Waals surface area contributed by atoms with Crippen LogP contribution in [0.3, 0.4) is 0 Å². The minimum atomic E-state index is -0.720. The molecule has 0 unspecified atom stereocenters. The predicted molar refractivity (Wildman–Crippen MR) is 84.8 cm³/mol. The van der Waals surface area contributed by atoms with Crippen LogP contribution in [-0.4, -0.2) is 37.4 Å². The van der Waals surface area contributed by atoms with Crippen LogP contribution in [-0.2, 0) is 16.6 Å². The molecule has 0 aliphatic carbocycles. The first-order valence-electron chi connectivity index (χ1n) is 7.28. The molecule has 3 heterocycles. The Labute approximate surface area is 136 Å². The second kappa shape index (κ2) is 6.15. The number of esters is 1. The SMILES string of the molecule is COC(=O)C[C@@H](c1c(O)nc2ccccn2c1=O)c1ccnn1C. The molecule has 3 aromatic heterocycles. The molecule has 0 fully saturated rings. The first-order chi connectivity index (χ1) is 11.5. The lowest BCUT2D eigenvalue weighted by Crippen LogP contribution is -2.25. The van der Waals surface area contributed by atoms with Crippen LogP contribution >= 0.6 is 0 Å². The molecule has 1 atom stereocenters. The van der Waals surface area contributed by atoms with Crippen LogP contribution in [0, 0.1) is 0 Å². The average molecular weight is 328 g/mol. The summed E-state index contributed by atoms with van der Waals surface area (Å²) in [6.07, 6.45) is 3.01. The molecule has 0 aromatic carbocycles. The predicted octanol–water partition coefficient (Wildman–Crippen LogP) is 0.829. The second-order valence-corrected chi connectivity index (χ2v) is 5.30. The lowest BCUT2D eigenvalue weighted by atomic mass is 9.93. The Balaban J connectivity index is 2.25. The summed E-state index contributed by atoms with van der Waals surface area (Å²) >= 11 is 0. The van der Waals surface area contributed by atoms with Gasteiger partial charge in [0, 0.05) is 31.1 Å². The lowest BCUT2D eigenvalue weighted by molar-refractivity contribution is -0.140. The van der Waals surface area contributed by atoms with Crippen molar-refractivity contribution in [1.29, 1.82) is 0 Å². The molecule has 0 amide bonds. The van der Waals surface area contributed by atoms with E-state index in [0.29, 0.717) is 11.3 Å². The van der Waals surface area contributed by atoms with Gasteiger partial charge in [-0.2, -0.15) is 10.1 Å². The van der Waals surface area contributed by atoms with E-state index in [-0.39, 0.29) is 12.0 Å². The quantitative estimate of drug-likeness (QED) is 0.712. The number of carbonyl (C=O) groups excluding carboxylic acids is 1. The van der Waals surface area contributed by atoms with Crippen molar-refractivity contribution in [3.8, 4) is 5.88 Å². The van der Waals surface area contributed by atoms with Crippen molar-refractivity contribution >= 4 is 11.6 Å². The van der Waals surface area contributed by atoms with E-state index in [2.05, 4.69) is 10.1 Å². The van der Waals surface area contributed by atoms with E-state index in [4.69, 9.17) is 4.74 Å². The van der Waals surface area contributed by atoms with Crippen LogP contribution in [0.1, 0.15) is 23.6 Å². The number of hydrogen-bond donors (Lipinski definition) is 1. The topological polar surface area (TPSA) is 98.7 Å². The number of aromatic hydroxyl groups is 1. The number of carbonyl (C=O) groups is 1. The molecule has 3 rings (SSSR count). The van der Waals surface area contributed by atoms with Gasteiger partial charge in [-0.3, -0.25) is 18.7 Å². The van der Waals surface area contributed by atoms with Crippen molar-refractivity contribution in [3.63, 3.8) is 0 Å². The summed E-state index contributed by atoms with van der Waals surface area (Å²) in [5.41, 5.74) is 0.525. The molecule has 0 spiro atoms. The summed E-state index contributed by atoms with van der Waals surface area (Å²) in [6.45, 7) is 0. The summed E-state index contributed by atoms with van der Waals surface area (Å²) in [6, 6.07) is 6.71. The maximum atomic E-state index is 12.8. The third kappa shape index (κ3) is 2.62. The fraction of sp³-hybridized carbons (Fsp3) is 0.250.